The summed E-state index contributed by atoms with van der Waals surface area (Å²) < 4.78 is 24.7. The normalized spacial score (nSPS) is 11.3. The number of phenols is 1. The molecule has 0 saturated carbocycles. The molecular weight excluding hydrogens is 354 g/mol. The fourth-order valence-electron chi connectivity index (χ4n) is 1.93. The maximum absolute atomic E-state index is 12.1. The molecule has 0 aliphatic heterocycles. The van der Waals surface area contributed by atoms with Crippen molar-refractivity contribution in [2.24, 2.45) is 0 Å². The van der Waals surface area contributed by atoms with Crippen LogP contribution in [-0.4, -0.2) is 19.3 Å². The highest BCUT2D eigenvalue weighted by Gasteiger charge is 2.16. The molecule has 0 aliphatic rings. The molecule has 2 N–H and O–H groups in total. The molecule has 0 aliphatic carbocycles. The minimum atomic E-state index is -3.29. The Bertz CT molecular complexity index is 744. The molecule has 0 heterocycles. The number of hydrogen-bond donors (Lipinski definition) is 2. The summed E-state index contributed by atoms with van der Waals surface area (Å²) in [5, 5.41) is 13.0. The smallest absolute Gasteiger partial charge is 0.180 e. The molecule has 0 bridgehead atoms. The first kappa shape index (κ1) is 15.9. The Morgan fingerprint density at radius 1 is 1.14 bits per heavy atom. The van der Waals surface area contributed by atoms with Crippen LogP contribution in [0.25, 0.3) is 0 Å². The maximum Gasteiger partial charge on any atom is 0.180 e. The van der Waals surface area contributed by atoms with Crippen LogP contribution in [-0.2, 0) is 16.4 Å². The van der Waals surface area contributed by atoms with Gasteiger partial charge in [0.15, 0.2) is 9.84 Å². The third-order valence-corrected chi connectivity index (χ3v) is 5.57. The maximum atomic E-state index is 12.1. The highest BCUT2D eigenvalue weighted by Crippen LogP contribution is 2.29. The quantitative estimate of drug-likeness (QED) is 0.845. The second-order valence-corrected chi connectivity index (χ2v) is 7.60. The monoisotopic (exact) mass is 369 g/mol. The number of benzene rings is 2. The molecule has 0 saturated heterocycles. The minimum Gasteiger partial charge on any atom is -0.506 e. The van der Waals surface area contributed by atoms with Crippen LogP contribution in [0.3, 0.4) is 0 Å². The summed E-state index contributed by atoms with van der Waals surface area (Å²) in [6.07, 6.45) is 0. The van der Waals surface area contributed by atoms with Gasteiger partial charge in [-0.3, -0.25) is 0 Å². The fourth-order valence-corrected chi connectivity index (χ4v) is 3.41. The van der Waals surface area contributed by atoms with Crippen molar-refractivity contribution in [3.8, 4) is 5.75 Å². The molecule has 0 fully saturated rings. The summed E-state index contributed by atoms with van der Waals surface area (Å²) in [6, 6.07) is 12.1. The zero-order valence-electron chi connectivity index (χ0n) is 11.5. The largest absolute Gasteiger partial charge is 0.506 e. The van der Waals surface area contributed by atoms with Crippen molar-refractivity contribution >= 4 is 31.5 Å². The van der Waals surface area contributed by atoms with Crippen LogP contribution in [0.15, 0.2) is 51.8 Å². The second-order valence-electron chi connectivity index (χ2n) is 4.50. The van der Waals surface area contributed by atoms with E-state index in [1.807, 2.05) is 6.07 Å². The predicted octanol–water partition coefficient (Wildman–Crippen LogP) is 3.56. The number of halogens is 1. The van der Waals surface area contributed by atoms with Crippen molar-refractivity contribution in [2.75, 3.05) is 11.1 Å². The number of sulfone groups is 1. The number of nitrogens with one attached hydrogen (secondary N) is 1. The Morgan fingerprint density at radius 2 is 1.86 bits per heavy atom. The van der Waals surface area contributed by atoms with E-state index in [2.05, 4.69) is 21.2 Å². The second kappa shape index (κ2) is 6.49. The van der Waals surface area contributed by atoms with Gasteiger partial charge in [-0.1, -0.05) is 31.2 Å². The first-order valence-electron chi connectivity index (χ1n) is 6.47. The average Bonchev–Trinajstić information content (AvgIpc) is 2.49. The van der Waals surface area contributed by atoms with Crippen molar-refractivity contribution < 1.29 is 13.5 Å². The topological polar surface area (TPSA) is 66.4 Å². The van der Waals surface area contributed by atoms with Crippen molar-refractivity contribution in [1.82, 2.24) is 0 Å². The summed E-state index contributed by atoms with van der Waals surface area (Å²) in [7, 11) is -3.29. The lowest BCUT2D eigenvalue weighted by atomic mass is 10.2. The van der Waals surface area contributed by atoms with E-state index in [0.717, 1.165) is 0 Å². The van der Waals surface area contributed by atoms with Gasteiger partial charge in [0.2, 0.25) is 0 Å². The molecule has 2 rings (SSSR count). The molecule has 6 heteroatoms. The van der Waals surface area contributed by atoms with Crippen molar-refractivity contribution in [1.29, 1.82) is 0 Å². The summed E-state index contributed by atoms with van der Waals surface area (Å²) in [5.41, 5.74) is 1.23. The molecule has 4 nitrogen and oxygen atoms in total. The molecule has 0 amide bonds. The van der Waals surface area contributed by atoms with Crippen LogP contribution >= 0.6 is 15.9 Å². The molecule has 21 heavy (non-hydrogen) atoms. The van der Waals surface area contributed by atoms with Crippen LogP contribution in [0.5, 0.6) is 5.75 Å². The van der Waals surface area contributed by atoms with Crippen LogP contribution in [0.2, 0.25) is 0 Å². The van der Waals surface area contributed by atoms with Crippen LogP contribution < -0.4 is 5.32 Å². The summed E-state index contributed by atoms with van der Waals surface area (Å²) >= 11 is 3.26. The number of phenolic OH excluding ortho intramolecular Hbond substituents is 1. The van der Waals surface area contributed by atoms with E-state index < -0.39 is 9.84 Å². The molecule has 0 radical (unpaired) electrons. The first-order chi connectivity index (χ1) is 9.95. The van der Waals surface area contributed by atoms with Gasteiger partial charge in [0.25, 0.3) is 0 Å². The number of para-hydroxylation sites is 2. The number of hydrogen-bond acceptors (Lipinski definition) is 4. The van der Waals surface area contributed by atoms with Crippen molar-refractivity contribution in [3.63, 3.8) is 0 Å². The highest BCUT2D eigenvalue weighted by molar-refractivity contribution is 9.10. The minimum absolute atomic E-state index is 0.0494. The van der Waals surface area contributed by atoms with E-state index >= 15 is 0 Å². The van der Waals surface area contributed by atoms with Crippen LogP contribution in [0.4, 0.5) is 5.69 Å². The Balaban J connectivity index is 2.27. The van der Waals surface area contributed by atoms with Gasteiger partial charge in [-0.25, -0.2) is 8.42 Å². The third kappa shape index (κ3) is 3.57. The van der Waals surface area contributed by atoms with Gasteiger partial charge in [-0.15, -0.1) is 0 Å². The Hall–Kier alpha value is -1.53. The third-order valence-electron chi connectivity index (χ3n) is 3.14. The Labute approximate surface area is 132 Å². The lowest BCUT2D eigenvalue weighted by Crippen LogP contribution is -2.09. The molecule has 2 aromatic carbocycles. The number of rotatable bonds is 5. The van der Waals surface area contributed by atoms with E-state index in [1.54, 1.807) is 43.3 Å². The lowest BCUT2D eigenvalue weighted by molar-refractivity contribution is 0.465. The van der Waals surface area contributed by atoms with Gasteiger partial charge in [0.1, 0.15) is 5.75 Å². The molecule has 0 unspecified atom stereocenters. The standard InChI is InChI=1S/C15H16BrNO3S/c1-2-21(19,20)14-9-4-3-8-13(14)17-10-11-6-5-7-12(16)15(11)18/h3-9,17-18H,2,10H2,1H3. The van der Waals surface area contributed by atoms with E-state index in [-0.39, 0.29) is 16.4 Å². The van der Waals surface area contributed by atoms with Crippen LogP contribution in [0, 0.1) is 0 Å². The van der Waals surface area contributed by atoms with Gasteiger partial charge < -0.3 is 10.4 Å². The zero-order valence-corrected chi connectivity index (χ0v) is 13.9. The van der Waals surface area contributed by atoms with Gasteiger partial charge in [-0.2, -0.15) is 0 Å². The summed E-state index contributed by atoms with van der Waals surface area (Å²) in [6.45, 7) is 1.95. The van der Waals surface area contributed by atoms with E-state index in [0.29, 0.717) is 22.3 Å². The first-order valence-corrected chi connectivity index (χ1v) is 8.92. The molecule has 112 valence electrons. The molecule has 0 spiro atoms. The number of anilines is 1. The van der Waals surface area contributed by atoms with Gasteiger partial charge in [0, 0.05) is 12.1 Å². The fraction of sp³-hybridized carbons (Fsp3) is 0.200. The Kier molecular flexibility index (Phi) is 4.90. The highest BCUT2D eigenvalue weighted by atomic mass is 79.9. The summed E-state index contributed by atoms with van der Waals surface area (Å²) in [4.78, 5) is 0.280. The van der Waals surface area contributed by atoms with Crippen LogP contribution in [0.1, 0.15) is 12.5 Å². The number of aromatic hydroxyl groups is 1. The SMILES string of the molecule is CCS(=O)(=O)c1ccccc1NCc1cccc(Br)c1O. The molecule has 2 aromatic rings. The summed E-state index contributed by atoms with van der Waals surface area (Å²) in [5.74, 6) is 0.203. The lowest BCUT2D eigenvalue weighted by Gasteiger charge is -2.13. The van der Waals surface area contributed by atoms with E-state index in [9.17, 15) is 13.5 Å². The van der Waals surface area contributed by atoms with E-state index in [1.165, 1.54) is 0 Å². The average molecular weight is 370 g/mol. The Morgan fingerprint density at radius 3 is 2.57 bits per heavy atom. The van der Waals surface area contributed by atoms with Gasteiger partial charge >= 0.3 is 0 Å². The predicted molar refractivity (Wildman–Crippen MR) is 87.3 cm³/mol. The van der Waals surface area contributed by atoms with Crippen molar-refractivity contribution in [3.05, 3.63) is 52.5 Å². The van der Waals surface area contributed by atoms with Gasteiger partial charge in [0.05, 0.1) is 20.8 Å². The zero-order chi connectivity index (χ0) is 15.5. The van der Waals surface area contributed by atoms with Crippen molar-refractivity contribution in [2.45, 2.75) is 18.4 Å². The van der Waals surface area contributed by atoms with Gasteiger partial charge in [-0.05, 0) is 34.1 Å². The molecule has 0 aromatic heterocycles. The molecular formula is C15H16BrNO3S. The van der Waals surface area contributed by atoms with E-state index in [4.69, 9.17) is 0 Å². The molecule has 0 atom stereocenters.